The molecule has 1 aliphatic carbocycles. The van der Waals surface area contributed by atoms with Crippen LogP contribution in [0, 0.1) is 17.2 Å². The lowest BCUT2D eigenvalue weighted by molar-refractivity contribution is -0.0224. The minimum Gasteiger partial charge on any atom is -0.497 e. The van der Waals surface area contributed by atoms with E-state index in [1.54, 1.807) is 50.3 Å². The summed E-state index contributed by atoms with van der Waals surface area (Å²) in [5.74, 6) is 0.762. The summed E-state index contributed by atoms with van der Waals surface area (Å²) in [6, 6.07) is 8.91. The topological polar surface area (TPSA) is 86.5 Å². The van der Waals surface area contributed by atoms with Crippen LogP contribution >= 0.6 is 0 Å². The average molecular weight is 377 g/mol. The Morgan fingerprint density at radius 2 is 2.11 bits per heavy atom. The van der Waals surface area contributed by atoms with Gasteiger partial charge in [-0.25, -0.2) is 0 Å². The van der Waals surface area contributed by atoms with Gasteiger partial charge in [-0.05, 0) is 62.4 Å². The lowest BCUT2D eigenvalue weighted by Crippen LogP contribution is -2.51. The van der Waals surface area contributed by atoms with E-state index < -0.39 is 5.60 Å². The van der Waals surface area contributed by atoms with Crippen molar-refractivity contribution in [2.24, 2.45) is 5.92 Å². The number of ether oxygens (including phenoxy) is 1. The van der Waals surface area contributed by atoms with Crippen LogP contribution in [0.2, 0.25) is 0 Å². The molecular formula is C22H23N3O3. The quantitative estimate of drug-likeness (QED) is 0.865. The van der Waals surface area contributed by atoms with Crippen LogP contribution < -0.4 is 4.74 Å². The zero-order valence-electron chi connectivity index (χ0n) is 16.3. The number of aliphatic hydroxyl groups is 1. The molecule has 1 aromatic heterocycles. The minimum atomic E-state index is -0.976. The summed E-state index contributed by atoms with van der Waals surface area (Å²) < 4.78 is 5.30. The van der Waals surface area contributed by atoms with Gasteiger partial charge in [0.15, 0.2) is 0 Å². The number of carbonyl (C=O) groups excluding carboxylic acids is 1. The lowest BCUT2D eigenvalue weighted by atomic mass is 9.93. The Balaban J connectivity index is 1.79. The predicted molar refractivity (Wildman–Crippen MR) is 104 cm³/mol. The van der Waals surface area contributed by atoms with E-state index in [9.17, 15) is 15.2 Å². The molecule has 0 bridgehead atoms. The Labute approximate surface area is 164 Å². The van der Waals surface area contributed by atoms with E-state index in [1.165, 1.54) is 0 Å². The highest BCUT2D eigenvalue weighted by Crippen LogP contribution is 2.44. The minimum absolute atomic E-state index is 0.113. The third-order valence-electron chi connectivity index (χ3n) is 5.53. The number of nitriles is 1. The van der Waals surface area contributed by atoms with Crippen LogP contribution in [-0.4, -0.2) is 39.7 Å². The molecule has 6 nitrogen and oxygen atoms in total. The highest BCUT2D eigenvalue weighted by molar-refractivity contribution is 6.04. The van der Waals surface area contributed by atoms with E-state index in [1.807, 2.05) is 6.07 Å². The third kappa shape index (κ3) is 3.12. The average Bonchev–Trinajstić information content (AvgIpc) is 3.44. The van der Waals surface area contributed by atoms with Crippen molar-refractivity contribution >= 4 is 5.91 Å². The van der Waals surface area contributed by atoms with Crippen molar-refractivity contribution in [1.82, 2.24) is 9.88 Å². The van der Waals surface area contributed by atoms with Crippen molar-refractivity contribution in [3.63, 3.8) is 0 Å². The number of aromatic nitrogens is 1. The van der Waals surface area contributed by atoms with Crippen molar-refractivity contribution in [2.75, 3.05) is 7.11 Å². The molecule has 0 radical (unpaired) electrons. The van der Waals surface area contributed by atoms with Gasteiger partial charge in [0.2, 0.25) is 0 Å². The number of hydrogen-bond donors (Lipinski definition) is 1. The summed E-state index contributed by atoms with van der Waals surface area (Å²) in [6.45, 7) is 4.00. The van der Waals surface area contributed by atoms with Gasteiger partial charge in [0, 0.05) is 18.3 Å². The van der Waals surface area contributed by atoms with Crippen molar-refractivity contribution in [3.05, 3.63) is 47.2 Å². The summed E-state index contributed by atoms with van der Waals surface area (Å²) in [7, 11) is 1.54. The van der Waals surface area contributed by atoms with Gasteiger partial charge >= 0.3 is 0 Å². The Kier molecular flexibility index (Phi) is 4.35. The molecule has 6 heteroatoms. The number of nitrogens with zero attached hydrogens (tertiary/aromatic N) is 3. The van der Waals surface area contributed by atoms with E-state index in [2.05, 4.69) is 11.1 Å². The Morgan fingerprint density at radius 1 is 1.36 bits per heavy atom. The molecule has 2 heterocycles. The second-order valence-electron chi connectivity index (χ2n) is 8.12. The van der Waals surface area contributed by atoms with Crippen molar-refractivity contribution in [3.8, 4) is 23.1 Å². The van der Waals surface area contributed by atoms with Gasteiger partial charge in [-0.2, -0.15) is 5.26 Å². The maximum atomic E-state index is 13.4. The molecule has 1 atom stereocenters. The zero-order chi connectivity index (χ0) is 20.1. The normalized spacial score (nSPS) is 17.2. The Hall–Kier alpha value is -2.91. The predicted octanol–water partition coefficient (Wildman–Crippen LogP) is 3.13. The van der Waals surface area contributed by atoms with Crippen molar-refractivity contribution in [2.45, 2.75) is 44.9 Å². The molecule has 2 aromatic rings. The summed E-state index contributed by atoms with van der Waals surface area (Å²) in [5, 5.41) is 20.0. The number of benzene rings is 1. The van der Waals surface area contributed by atoms with Crippen LogP contribution in [0.3, 0.4) is 0 Å². The first kappa shape index (κ1) is 18.5. The molecule has 0 unspecified atom stereocenters. The summed E-state index contributed by atoms with van der Waals surface area (Å²) in [6.07, 6.45) is 3.75. The van der Waals surface area contributed by atoms with Crippen LogP contribution in [0.15, 0.2) is 30.5 Å². The van der Waals surface area contributed by atoms with E-state index >= 15 is 0 Å². The molecule has 0 spiro atoms. The van der Waals surface area contributed by atoms with E-state index in [0.717, 1.165) is 18.4 Å². The first-order valence-electron chi connectivity index (χ1n) is 9.44. The molecule has 1 aromatic carbocycles. The fraction of sp³-hybridized carbons (Fsp3) is 0.409. The van der Waals surface area contributed by atoms with E-state index in [0.29, 0.717) is 40.6 Å². The van der Waals surface area contributed by atoms with Crippen LogP contribution in [-0.2, 0) is 6.54 Å². The summed E-state index contributed by atoms with van der Waals surface area (Å²) in [4.78, 5) is 19.7. The molecular weight excluding hydrogens is 354 g/mol. The molecule has 1 amide bonds. The standard InChI is InChI=1S/C22H23N3O3/c1-22(2,27)20(14-4-5-14)25-12-15-6-7-24-19(18(15)21(25)26)16-8-13(11-23)9-17(10-16)28-3/h6-10,14,20,27H,4-5,12H2,1-3H3/t20-/m1/s1. The van der Waals surface area contributed by atoms with Crippen LogP contribution in [0.5, 0.6) is 5.75 Å². The van der Waals surface area contributed by atoms with Gasteiger partial charge in [0.1, 0.15) is 5.75 Å². The SMILES string of the molecule is COc1cc(C#N)cc(-c2nccc3c2C(=O)N([C@H](C2CC2)C(C)(C)O)C3)c1. The van der Waals surface area contributed by atoms with E-state index in [-0.39, 0.29) is 11.9 Å². The first-order valence-corrected chi connectivity index (χ1v) is 9.44. The van der Waals surface area contributed by atoms with Gasteiger partial charge in [-0.3, -0.25) is 9.78 Å². The molecule has 0 saturated heterocycles. The molecule has 1 fully saturated rings. The van der Waals surface area contributed by atoms with E-state index in [4.69, 9.17) is 4.74 Å². The summed E-state index contributed by atoms with van der Waals surface area (Å²) in [5.41, 5.74) is 2.14. The lowest BCUT2D eigenvalue weighted by Gasteiger charge is -2.37. The van der Waals surface area contributed by atoms with Gasteiger partial charge < -0.3 is 14.7 Å². The fourth-order valence-corrected chi connectivity index (χ4v) is 4.26. The van der Waals surface area contributed by atoms with Crippen molar-refractivity contribution < 1.29 is 14.6 Å². The van der Waals surface area contributed by atoms with Crippen molar-refractivity contribution in [1.29, 1.82) is 5.26 Å². The maximum Gasteiger partial charge on any atom is 0.257 e. The number of methoxy groups -OCH3 is 1. The molecule has 1 N–H and O–H groups in total. The zero-order valence-corrected chi connectivity index (χ0v) is 16.3. The fourth-order valence-electron chi connectivity index (χ4n) is 4.26. The molecule has 2 aliphatic rings. The van der Waals surface area contributed by atoms with Crippen LogP contribution in [0.4, 0.5) is 0 Å². The molecule has 144 valence electrons. The number of fused-ring (bicyclic) bond motifs is 1. The van der Waals surface area contributed by atoms with Gasteiger partial charge in [0.05, 0.1) is 41.6 Å². The van der Waals surface area contributed by atoms with Gasteiger partial charge in [-0.1, -0.05) is 0 Å². The second-order valence-corrected chi connectivity index (χ2v) is 8.12. The number of amides is 1. The van der Waals surface area contributed by atoms with Gasteiger partial charge in [0.25, 0.3) is 5.91 Å². The Bertz CT molecular complexity index is 983. The summed E-state index contributed by atoms with van der Waals surface area (Å²) >= 11 is 0. The number of carbonyl (C=O) groups is 1. The maximum absolute atomic E-state index is 13.4. The number of hydrogen-bond acceptors (Lipinski definition) is 5. The largest absolute Gasteiger partial charge is 0.497 e. The van der Waals surface area contributed by atoms with Crippen LogP contribution in [0.25, 0.3) is 11.3 Å². The highest BCUT2D eigenvalue weighted by atomic mass is 16.5. The molecule has 1 aliphatic heterocycles. The molecule has 28 heavy (non-hydrogen) atoms. The Morgan fingerprint density at radius 3 is 2.71 bits per heavy atom. The van der Waals surface area contributed by atoms with Gasteiger partial charge in [-0.15, -0.1) is 0 Å². The number of rotatable bonds is 5. The number of pyridine rings is 1. The first-order chi connectivity index (χ1) is 13.3. The highest BCUT2D eigenvalue weighted by Gasteiger charge is 2.48. The monoisotopic (exact) mass is 377 g/mol. The second kappa shape index (κ2) is 6.61. The molecule has 4 rings (SSSR count). The smallest absolute Gasteiger partial charge is 0.257 e. The molecule has 1 saturated carbocycles. The van der Waals surface area contributed by atoms with Crippen LogP contribution in [0.1, 0.15) is 48.2 Å². The third-order valence-corrected chi connectivity index (χ3v) is 5.53.